The molecule has 3 heterocycles. The second-order valence-electron chi connectivity index (χ2n) is 9.70. The number of esters is 1. The lowest BCUT2D eigenvalue weighted by molar-refractivity contribution is -0.134. The highest BCUT2D eigenvalue weighted by molar-refractivity contribution is 9.10. The first kappa shape index (κ1) is 24.3. The molecule has 1 saturated heterocycles. The van der Waals surface area contributed by atoms with Gasteiger partial charge in [-0.3, -0.25) is 4.90 Å². The van der Waals surface area contributed by atoms with Crippen molar-refractivity contribution in [2.45, 2.75) is 45.3 Å². The van der Waals surface area contributed by atoms with Crippen molar-refractivity contribution in [2.24, 2.45) is 0 Å². The Bertz CT molecular complexity index is 1210. The number of aromatic nitrogens is 1. The molecule has 1 fully saturated rings. The van der Waals surface area contributed by atoms with Crippen LogP contribution in [0.4, 0.5) is 0 Å². The van der Waals surface area contributed by atoms with Crippen LogP contribution in [0.1, 0.15) is 41.6 Å². The minimum atomic E-state index is -0.327. The average Bonchev–Trinajstić information content (AvgIpc) is 3.20. The zero-order valence-corrected chi connectivity index (χ0v) is 22.1. The van der Waals surface area contributed by atoms with Crippen LogP contribution in [0.3, 0.4) is 0 Å². The first-order valence-corrected chi connectivity index (χ1v) is 13.5. The Balaban J connectivity index is 1.44. The lowest BCUT2D eigenvalue weighted by Crippen LogP contribution is -2.34. The topological polar surface area (TPSA) is 37.7 Å². The van der Waals surface area contributed by atoms with Crippen molar-refractivity contribution in [1.29, 1.82) is 0 Å². The molecule has 0 bridgehead atoms. The van der Waals surface area contributed by atoms with Crippen LogP contribution in [0.15, 0.2) is 53.0 Å². The number of methoxy groups -OCH3 is 1. The number of ether oxygens (including phenoxy) is 1. The van der Waals surface area contributed by atoms with E-state index in [-0.39, 0.29) is 5.97 Å². The second-order valence-corrected chi connectivity index (χ2v) is 10.6. The summed E-state index contributed by atoms with van der Waals surface area (Å²) >= 11 is 3.54. The average molecular weight is 537 g/mol. The molecule has 184 valence electrons. The van der Waals surface area contributed by atoms with Crippen LogP contribution >= 0.6 is 15.9 Å². The van der Waals surface area contributed by atoms with Crippen LogP contribution in [-0.4, -0.2) is 53.6 Å². The fraction of sp³-hybridized carbons (Fsp3) is 0.414. The normalized spacial score (nSPS) is 17.2. The summed E-state index contributed by atoms with van der Waals surface area (Å²) in [6.45, 7) is 7.57. The fourth-order valence-corrected chi connectivity index (χ4v) is 5.79. The summed E-state index contributed by atoms with van der Waals surface area (Å²) < 4.78 is 8.47. The third-order valence-electron chi connectivity index (χ3n) is 7.38. The SMILES string of the molecule is COC(=O)/C=C/c1ccc2c(c1)c1c(n2CCN2CCCCC2)CCN(Cc2ccc(Br)cc2)C1. The van der Waals surface area contributed by atoms with E-state index in [0.717, 1.165) is 49.2 Å². The Morgan fingerprint density at radius 2 is 1.80 bits per heavy atom. The number of nitrogens with zero attached hydrogens (tertiary/aromatic N) is 3. The number of hydrogen-bond acceptors (Lipinski definition) is 4. The molecule has 2 aliphatic rings. The molecular weight excluding hydrogens is 502 g/mol. The molecule has 1 aromatic heterocycles. The number of fused-ring (bicyclic) bond motifs is 3. The highest BCUT2D eigenvalue weighted by Crippen LogP contribution is 2.33. The molecule has 0 unspecified atom stereocenters. The Morgan fingerprint density at radius 3 is 2.57 bits per heavy atom. The van der Waals surface area contributed by atoms with E-state index in [1.54, 1.807) is 0 Å². The van der Waals surface area contributed by atoms with Crippen LogP contribution in [0.2, 0.25) is 0 Å². The zero-order valence-electron chi connectivity index (χ0n) is 20.5. The molecule has 2 aliphatic heterocycles. The first-order valence-electron chi connectivity index (χ1n) is 12.7. The van der Waals surface area contributed by atoms with Gasteiger partial charge < -0.3 is 14.2 Å². The van der Waals surface area contributed by atoms with Gasteiger partial charge in [-0.05, 0) is 73.0 Å². The number of piperidine rings is 1. The Hall–Kier alpha value is -2.41. The van der Waals surface area contributed by atoms with E-state index < -0.39 is 0 Å². The fourth-order valence-electron chi connectivity index (χ4n) is 5.52. The third-order valence-corrected chi connectivity index (χ3v) is 7.91. The minimum absolute atomic E-state index is 0.327. The summed E-state index contributed by atoms with van der Waals surface area (Å²) in [6.07, 6.45) is 8.44. The molecule has 6 heteroatoms. The number of carbonyl (C=O) groups excluding carboxylic acids is 1. The quantitative estimate of drug-likeness (QED) is 0.290. The van der Waals surface area contributed by atoms with Gasteiger partial charge >= 0.3 is 5.97 Å². The van der Waals surface area contributed by atoms with E-state index >= 15 is 0 Å². The van der Waals surface area contributed by atoms with Gasteiger partial charge in [0.1, 0.15) is 0 Å². The van der Waals surface area contributed by atoms with E-state index in [9.17, 15) is 4.79 Å². The summed E-state index contributed by atoms with van der Waals surface area (Å²) in [5.41, 5.74) is 6.61. The highest BCUT2D eigenvalue weighted by atomic mass is 79.9. The summed E-state index contributed by atoms with van der Waals surface area (Å²) in [5.74, 6) is -0.327. The summed E-state index contributed by atoms with van der Waals surface area (Å²) in [7, 11) is 1.41. The second kappa shape index (κ2) is 11.1. The molecule has 0 radical (unpaired) electrons. The van der Waals surface area contributed by atoms with Crippen LogP contribution < -0.4 is 0 Å². The van der Waals surface area contributed by atoms with Gasteiger partial charge in [-0.25, -0.2) is 4.79 Å². The molecule has 0 spiro atoms. The van der Waals surface area contributed by atoms with Gasteiger partial charge in [0, 0.05) is 66.3 Å². The van der Waals surface area contributed by atoms with Crippen molar-refractivity contribution in [3.63, 3.8) is 0 Å². The van der Waals surface area contributed by atoms with Crippen molar-refractivity contribution in [3.8, 4) is 0 Å². The van der Waals surface area contributed by atoms with E-state index in [4.69, 9.17) is 4.74 Å². The zero-order chi connectivity index (χ0) is 24.2. The van der Waals surface area contributed by atoms with Crippen LogP contribution in [-0.2, 0) is 35.6 Å². The number of rotatable bonds is 7. The lowest BCUT2D eigenvalue weighted by Gasteiger charge is -2.29. The van der Waals surface area contributed by atoms with Gasteiger partial charge in [-0.15, -0.1) is 0 Å². The standard InChI is InChI=1S/C29H34BrN3O2/c1-35-29(34)12-8-22-7-11-27-25(19-22)26-21-32(20-23-5-9-24(30)10-6-23)16-13-28(26)33(27)18-17-31-14-3-2-4-15-31/h5-12,19H,2-4,13-18,20-21H2,1H3/b12-8+. The number of halogens is 1. The lowest BCUT2D eigenvalue weighted by atomic mass is 10.0. The summed E-state index contributed by atoms with van der Waals surface area (Å²) in [4.78, 5) is 16.8. The first-order chi connectivity index (χ1) is 17.1. The maximum Gasteiger partial charge on any atom is 0.330 e. The summed E-state index contributed by atoms with van der Waals surface area (Å²) in [5, 5.41) is 1.31. The molecule has 0 N–H and O–H groups in total. The van der Waals surface area contributed by atoms with Gasteiger partial charge in [0.05, 0.1) is 7.11 Å². The Labute approximate surface area is 216 Å². The highest BCUT2D eigenvalue weighted by Gasteiger charge is 2.24. The third kappa shape index (κ3) is 5.71. The molecule has 0 amide bonds. The van der Waals surface area contributed by atoms with Crippen molar-refractivity contribution < 1.29 is 9.53 Å². The Kier molecular flexibility index (Phi) is 7.71. The number of likely N-dealkylation sites (tertiary alicyclic amines) is 1. The van der Waals surface area contributed by atoms with Crippen LogP contribution in [0.5, 0.6) is 0 Å². The molecular formula is C29H34BrN3O2. The minimum Gasteiger partial charge on any atom is -0.466 e. The molecule has 5 rings (SSSR count). The number of benzene rings is 2. The van der Waals surface area contributed by atoms with Crippen LogP contribution in [0.25, 0.3) is 17.0 Å². The summed E-state index contributed by atoms with van der Waals surface area (Å²) in [6, 6.07) is 15.3. The smallest absolute Gasteiger partial charge is 0.330 e. The van der Waals surface area contributed by atoms with Gasteiger partial charge in [-0.1, -0.05) is 40.5 Å². The van der Waals surface area contributed by atoms with E-state index in [0.29, 0.717) is 0 Å². The predicted octanol–water partition coefficient (Wildman–Crippen LogP) is 5.63. The van der Waals surface area contributed by atoms with Gasteiger partial charge in [0.15, 0.2) is 0 Å². The van der Waals surface area contributed by atoms with E-state index in [2.05, 4.69) is 72.8 Å². The largest absolute Gasteiger partial charge is 0.466 e. The van der Waals surface area contributed by atoms with Crippen molar-refractivity contribution in [1.82, 2.24) is 14.4 Å². The van der Waals surface area contributed by atoms with Crippen molar-refractivity contribution >= 4 is 38.9 Å². The molecule has 0 atom stereocenters. The molecule has 3 aromatic rings. The Morgan fingerprint density at radius 1 is 1.00 bits per heavy atom. The van der Waals surface area contributed by atoms with E-state index in [1.807, 2.05) is 6.08 Å². The molecule has 35 heavy (non-hydrogen) atoms. The van der Waals surface area contributed by atoms with Gasteiger partial charge in [0.25, 0.3) is 0 Å². The maximum absolute atomic E-state index is 11.6. The van der Waals surface area contributed by atoms with Crippen molar-refractivity contribution in [3.05, 3.63) is 75.4 Å². The maximum atomic E-state index is 11.6. The predicted molar refractivity (Wildman–Crippen MR) is 145 cm³/mol. The van der Waals surface area contributed by atoms with Crippen LogP contribution in [0, 0.1) is 0 Å². The molecule has 0 saturated carbocycles. The van der Waals surface area contributed by atoms with Crippen molar-refractivity contribution in [2.75, 3.05) is 33.3 Å². The number of carbonyl (C=O) groups is 1. The molecule has 2 aromatic carbocycles. The monoisotopic (exact) mass is 535 g/mol. The van der Waals surface area contributed by atoms with E-state index in [1.165, 1.54) is 73.3 Å². The molecule has 5 nitrogen and oxygen atoms in total. The number of hydrogen-bond donors (Lipinski definition) is 0. The van der Waals surface area contributed by atoms with Gasteiger partial charge in [0.2, 0.25) is 0 Å². The van der Waals surface area contributed by atoms with Gasteiger partial charge in [-0.2, -0.15) is 0 Å². The molecule has 0 aliphatic carbocycles.